The Morgan fingerprint density at radius 3 is 2.32 bits per heavy atom. The van der Waals surface area contributed by atoms with Crippen molar-refractivity contribution in [3.8, 4) is 11.5 Å². The van der Waals surface area contributed by atoms with Crippen molar-refractivity contribution in [1.29, 1.82) is 0 Å². The van der Waals surface area contributed by atoms with E-state index in [1.807, 2.05) is 48.5 Å². The third kappa shape index (κ3) is 8.77. The summed E-state index contributed by atoms with van der Waals surface area (Å²) in [4.78, 5) is 37.3. The van der Waals surface area contributed by atoms with Gasteiger partial charge in [0.15, 0.2) is 0 Å². The Morgan fingerprint density at radius 1 is 0.895 bits per heavy atom. The average molecular weight is 530 g/mol. The number of benzene rings is 2. The topological polar surface area (TPSA) is 132 Å². The second-order valence-corrected chi connectivity index (χ2v) is 8.57. The molecule has 2 aromatic carbocycles. The van der Waals surface area contributed by atoms with Gasteiger partial charge in [0.2, 0.25) is 5.56 Å². The van der Waals surface area contributed by atoms with Gasteiger partial charge in [0.25, 0.3) is 0 Å². The van der Waals surface area contributed by atoms with Crippen LogP contribution in [0.25, 0.3) is 10.9 Å². The van der Waals surface area contributed by atoms with Crippen LogP contribution in [0.3, 0.4) is 0 Å². The predicted molar refractivity (Wildman–Crippen MR) is 141 cm³/mol. The number of unbranched alkanes of at least 4 members (excludes halogenated alkanes) is 1. The van der Waals surface area contributed by atoms with Crippen LogP contribution in [0.5, 0.6) is 11.5 Å². The molecule has 204 valence electrons. The number of nitrogens with zero attached hydrogens (tertiary/aromatic N) is 2. The molecule has 3 aromatic rings. The van der Waals surface area contributed by atoms with Crippen molar-refractivity contribution < 1.29 is 33.7 Å². The first-order valence-electron chi connectivity index (χ1n) is 12.3. The number of hydrogen-bond donors (Lipinski definition) is 3. The normalized spacial score (nSPS) is 13.4. The number of ether oxygens (including phenoxy) is 2. The van der Waals surface area contributed by atoms with E-state index in [4.69, 9.17) is 29.3 Å². The first-order chi connectivity index (χ1) is 18.4. The molecule has 10 nitrogen and oxygen atoms in total. The minimum absolute atomic E-state index is 0.0934. The zero-order valence-corrected chi connectivity index (χ0v) is 21.0. The van der Waals surface area contributed by atoms with E-state index in [1.165, 1.54) is 6.07 Å². The van der Waals surface area contributed by atoms with Crippen LogP contribution in [-0.4, -0.2) is 84.6 Å². The Bertz CT molecular complexity index is 1250. The molecule has 3 N–H and O–H groups in total. The summed E-state index contributed by atoms with van der Waals surface area (Å²) >= 11 is 0. The fourth-order valence-electron chi connectivity index (χ4n) is 4.05. The van der Waals surface area contributed by atoms with Gasteiger partial charge < -0.3 is 29.6 Å². The van der Waals surface area contributed by atoms with Crippen LogP contribution in [-0.2, 0) is 9.59 Å². The zero-order chi connectivity index (χ0) is 27.3. The van der Waals surface area contributed by atoms with Crippen molar-refractivity contribution >= 4 is 28.5 Å². The van der Waals surface area contributed by atoms with Gasteiger partial charge in [-0.1, -0.05) is 12.1 Å². The fraction of sp³-hybridized carbons (Fsp3) is 0.370. The molecule has 4 rings (SSSR count). The number of carboxylic acids is 2. The van der Waals surface area contributed by atoms with Crippen LogP contribution in [0.15, 0.2) is 59.4 Å². The number of carboxylic acid groups (broad SMARTS) is 2. The Kier molecular flexibility index (Phi) is 10.9. The number of H-pyrrole nitrogens is 1. The number of pyridine rings is 1. The van der Waals surface area contributed by atoms with Crippen LogP contribution in [0.1, 0.15) is 12.8 Å². The second kappa shape index (κ2) is 14.6. The van der Waals surface area contributed by atoms with Gasteiger partial charge in [-0.15, -0.1) is 0 Å². The molecule has 0 unspecified atom stereocenters. The third-order valence-electron chi connectivity index (χ3n) is 5.93. The fourth-order valence-corrected chi connectivity index (χ4v) is 4.05. The first-order valence-corrected chi connectivity index (χ1v) is 12.3. The molecule has 0 atom stereocenters. The van der Waals surface area contributed by atoms with Crippen LogP contribution in [0, 0.1) is 0 Å². The summed E-state index contributed by atoms with van der Waals surface area (Å²) in [5, 5.41) is 15.8. The van der Waals surface area contributed by atoms with E-state index in [1.54, 1.807) is 0 Å². The van der Waals surface area contributed by atoms with Crippen LogP contribution >= 0.6 is 0 Å². The number of alkyl halides is 1. The summed E-state index contributed by atoms with van der Waals surface area (Å²) < 4.78 is 23.9. The van der Waals surface area contributed by atoms with Crippen LogP contribution in [0.2, 0.25) is 0 Å². The lowest BCUT2D eigenvalue weighted by atomic mass is 10.2. The molecule has 38 heavy (non-hydrogen) atoms. The number of aromatic nitrogens is 1. The monoisotopic (exact) mass is 529 g/mol. The van der Waals surface area contributed by atoms with Crippen LogP contribution in [0.4, 0.5) is 10.1 Å². The molecule has 11 heteroatoms. The van der Waals surface area contributed by atoms with Gasteiger partial charge >= 0.3 is 11.9 Å². The molecule has 1 saturated heterocycles. The summed E-state index contributed by atoms with van der Waals surface area (Å²) in [6, 6.07) is 17.0. The maximum Gasteiger partial charge on any atom is 0.414 e. The number of nitrogens with one attached hydrogen (secondary N) is 1. The van der Waals surface area contributed by atoms with Crippen molar-refractivity contribution in [3.63, 3.8) is 0 Å². The number of carbonyl (C=O) groups is 2. The van der Waals surface area contributed by atoms with Crippen molar-refractivity contribution in [2.75, 3.05) is 57.5 Å². The number of anilines is 1. The maximum atomic E-state index is 12.5. The molecule has 0 aliphatic carbocycles. The van der Waals surface area contributed by atoms with Gasteiger partial charge in [-0.05, 0) is 55.1 Å². The number of para-hydroxylation sites is 2. The van der Waals surface area contributed by atoms with E-state index < -0.39 is 18.6 Å². The molecule has 1 fully saturated rings. The second-order valence-electron chi connectivity index (χ2n) is 8.57. The average Bonchev–Trinajstić information content (AvgIpc) is 2.92. The molecule has 0 spiro atoms. The van der Waals surface area contributed by atoms with E-state index in [0.717, 1.165) is 73.7 Å². The van der Waals surface area contributed by atoms with Gasteiger partial charge in [-0.25, -0.2) is 14.0 Å². The largest absolute Gasteiger partial charge is 0.494 e. The van der Waals surface area contributed by atoms with E-state index >= 15 is 0 Å². The van der Waals surface area contributed by atoms with Crippen molar-refractivity contribution in [3.05, 3.63) is 65.0 Å². The zero-order valence-electron chi connectivity index (χ0n) is 21.0. The third-order valence-corrected chi connectivity index (χ3v) is 5.93. The summed E-state index contributed by atoms with van der Waals surface area (Å²) in [6.45, 7) is 5.17. The van der Waals surface area contributed by atoms with Crippen molar-refractivity contribution in [1.82, 2.24) is 9.88 Å². The number of rotatable bonds is 10. The molecule has 1 aromatic heterocycles. The minimum atomic E-state index is -1.82. The highest BCUT2D eigenvalue weighted by Gasteiger charge is 2.19. The number of aliphatic carboxylic acids is 2. The van der Waals surface area contributed by atoms with Crippen LogP contribution < -0.4 is 19.9 Å². The minimum Gasteiger partial charge on any atom is -0.494 e. The highest BCUT2D eigenvalue weighted by Crippen LogP contribution is 2.29. The number of piperazine rings is 1. The quantitative estimate of drug-likeness (QED) is 0.268. The molecular weight excluding hydrogens is 497 g/mol. The first kappa shape index (κ1) is 28.5. The van der Waals surface area contributed by atoms with E-state index in [2.05, 4.69) is 14.8 Å². The Morgan fingerprint density at radius 2 is 1.61 bits per heavy atom. The number of hydrogen-bond acceptors (Lipinski definition) is 7. The Labute approximate surface area is 219 Å². The van der Waals surface area contributed by atoms with Gasteiger partial charge in [0.1, 0.15) is 24.8 Å². The number of halogens is 1. The molecule has 1 aliphatic rings. The SMILES string of the molecule is O=C(O)C(=O)O.O=c1ccc2ccc(OCCCCN3CCN(c4ccccc4OCCF)CC3)cc2[nH]1. The predicted octanol–water partition coefficient (Wildman–Crippen LogP) is 3.01. The summed E-state index contributed by atoms with van der Waals surface area (Å²) in [6.07, 6.45) is 2.05. The maximum absolute atomic E-state index is 12.5. The van der Waals surface area contributed by atoms with Gasteiger partial charge in [-0.3, -0.25) is 9.69 Å². The van der Waals surface area contributed by atoms with E-state index in [0.29, 0.717) is 6.61 Å². The van der Waals surface area contributed by atoms with Crippen molar-refractivity contribution in [2.45, 2.75) is 12.8 Å². The summed E-state index contributed by atoms with van der Waals surface area (Å²) in [7, 11) is 0. The molecule has 0 amide bonds. The summed E-state index contributed by atoms with van der Waals surface area (Å²) in [5.41, 5.74) is 1.74. The smallest absolute Gasteiger partial charge is 0.414 e. The highest BCUT2D eigenvalue weighted by atomic mass is 19.1. The van der Waals surface area contributed by atoms with Crippen molar-refractivity contribution in [2.24, 2.45) is 0 Å². The standard InChI is InChI=1S/C25H30FN3O3.C2H2O4/c26-11-18-32-24-6-2-1-5-23(24)29-15-13-28(14-16-29)12-3-4-17-31-21-9-7-20-8-10-25(30)27-22(20)19-21;3-1(4)2(5)6/h1-2,5-10,19H,3-4,11-18H2,(H,27,30);(H,3,4)(H,5,6). The van der Waals surface area contributed by atoms with E-state index in [9.17, 15) is 9.18 Å². The van der Waals surface area contributed by atoms with E-state index in [-0.39, 0.29) is 12.2 Å². The highest BCUT2D eigenvalue weighted by molar-refractivity contribution is 6.27. The number of fused-ring (bicyclic) bond motifs is 1. The number of aromatic amines is 1. The molecule has 1 aliphatic heterocycles. The Hall–Kier alpha value is -4.12. The Balaban J connectivity index is 0.000000599. The van der Waals surface area contributed by atoms with Gasteiger partial charge in [-0.2, -0.15) is 0 Å². The molecule has 0 saturated carbocycles. The van der Waals surface area contributed by atoms with Gasteiger partial charge in [0.05, 0.1) is 17.8 Å². The van der Waals surface area contributed by atoms with Gasteiger partial charge in [0, 0.05) is 38.3 Å². The lowest BCUT2D eigenvalue weighted by Crippen LogP contribution is -2.46. The molecule has 0 radical (unpaired) electrons. The lowest BCUT2D eigenvalue weighted by molar-refractivity contribution is -0.159. The molecule has 2 heterocycles. The summed E-state index contributed by atoms with van der Waals surface area (Å²) in [5.74, 6) is -2.11. The molecular formula is C27H32FN3O7. The molecule has 0 bridgehead atoms. The lowest BCUT2D eigenvalue weighted by Gasteiger charge is -2.36.